The lowest BCUT2D eigenvalue weighted by Gasteiger charge is -2.28. The summed E-state index contributed by atoms with van der Waals surface area (Å²) in [5, 5.41) is 18.4. The summed E-state index contributed by atoms with van der Waals surface area (Å²) < 4.78 is 0. The van der Waals surface area contributed by atoms with Gasteiger partial charge in [-0.1, -0.05) is 13.3 Å². The molecule has 0 aliphatic heterocycles. The molecular formula is C12H21N5O3. The summed E-state index contributed by atoms with van der Waals surface area (Å²) in [4.78, 5) is 28.7. The molecule has 3 N–H and O–H groups in total. The zero-order valence-corrected chi connectivity index (χ0v) is 12.2. The van der Waals surface area contributed by atoms with Crippen LogP contribution in [0.15, 0.2) is 0 Å². The molecule has 1 atom stereocenters. The van der Waals surface area contributed by atoms with Crippen LogP contribution in [0.4, 0.5) is 4.79 Å². The molecule has 0 aliphatic rings. The van der Waals surface area contributed by atoms with Crippen molar-refractivity contribution in [2.24, 2.45) is 0 Å². The Bertz CT molecular complexity index is 487. The third kappa shape index (κ3) is 3.94. The van der Waals surface area contributed by atoms with Gasteiger partial charge in [-0.2, -0.15) is 5.10 Å². The highest BCUT2D eigenvalue weighted by Crippen LogP contribution is 2.13. The Morgan fingerprint density at radius 3 is 2.60 bits per heavy atom. The lowest BCUT2D eigenvalue weighted by molar-refractivity contribution is -0.144. The van der Waals surface area contributed by atoms with E-state index in [1.807, 2.05) is 6.92 Å². The van der Waals surface area contributed by atoms with Gasteiger partial charge in [0.2, 0.25) is 0 Å². The van der Waals surface area contributed by atoms with Crippen molar-refractivity contribution in [3.05, 3.63) is 11.6 Å². The van der Waals surface area contributed by atoms with E-state index in [-0.39, 0.29) is 6.54 Å². The molecular weight excluding hydrogens is 262 g/mol. The molecule has 0 aromatic carbocycles. The molecule has 1 aromatic rings. The molecule has 8 heteroatoms. The van der Waals surface area contributed by atoms with Crippen molar-refractivity contribution in [2.75, 3.05) is 7.05 Å². The van der Waals surface area contributed by atoms with E-state index in [2.05, 4.69) is 20.5 Å². The molecule has 0 radical (unpaired) electrons. The number of carboxylic acid groups (broad SMARTS) is 1. The van der Waals surface area contributed by atoms with Crippen LogP contribution in [0.1, 0.15) is 38.3 Å². The van der Waals surface area contributed by atoms with Gasteiger partial charge in [-0.3, -0.25) is 5.10 Å². The Labute approximate surface area is 117 Å². The number of aromatic nitrogens is 3. The zero-order valence-electron chi connectivity index (χ0n) is 12.2. The van der Waals surface area contributed by atoms with Gasteiger partial charge in [-0.05, 0) is 20.3 Å². The number of nitrogens with one attached hydrogen (secondary N) is 2. The third-order valence-corrected chi connectivity index (χ3v) is 2.97. The van der Waals surface area contributed by atoms with E-state index in [0.717, 1.165) is 0 Å². The number of H-pyrrole nitrogens is 1. The minimum atomic E-state index is -1.27. The molecule has 1 aromatic heterocycles. The molecule has 0 saturated carbocycles. The number of aromatic amines is 1. The van der Waals surface area contributed by atoms with Gasteiger partial charge in [-0.15, -0.1) is 0 Å². The number of aliphatic carboxylic acids is 1. The van der Waals surface area contributed by atoms with Gasteiger partial charge < -0.3 is 15.3 Å². The maximum Gasteiger partial charge on any atom is 0.329 e. The van der Waals surface area contributed by atoms with Crippen molar-refractivity contribution in [1.29, 1.82) is 0 Å². The lowest BCUT2D eigenvalue weighted by atomic mass is 9.96. The number of rotatable bonds is 6. The van der Waals surface area contributed by atoms with Gasteiger partial charge in [0.05, 0.1) is 6.54 Å². The summed E-state index contributed by atoms with van der Waals surface area (Å²) in [5.41, 5.74) is -1.27. The van der Waals surface area contributed by atoms with Gasteiger partial charge in [0, 0.05) is 7.05 Å². The number of aryl methyl sites for hydroxylation is 1. The highest BCUT2D eigenvalue weighted by molar-refractivity contribution is 5.85. The van der Waals surface area contributed by atoms with Crippen LogP contribution in [-0.4, -0.2) is 49.8 Å². The van der Waals surface area contributed by atoms with Gasteiger partial charge in [-0.25, -0.2) is 14.6 Å². The minimum absolute atomic E-state index is 0.206. The second-order valence-electron chi connectivity index (χ2n) is 5.01. The number of carbonyl (C=O) groups excluding carboxylic acids is 1. The fourth-order valence-electron chi connectivity index (χ4n) is 1.80. The van der Waals surface area contributed by atoms with Crippen LogP contribution in [0.2, 0.25) is 0 Å². The van der Waals surface area contributed by atoms with Crippen LogP contribution in [0, 0.1) is 6.92 Å². The molecule has 0 bridgehead atoms. The predicted octanol–water partition coefficient (Wildman–Crippen LogP) is 0.898. The van der Waals surface area contributed by atoms with E-state index in [4.69, 9.17) is 0 Å². The van der Waals surface area contributed by atoms with Crippen LogP contribution in [-0.2, 0) is 11.3 Å². The molecule has 1 unspecified atom stereocenters. The Morgan fingerprint density at radius 2 is 2.15 bits per heavy atom. The average Bonchev–Trinajstić information content (AvgIpc) is 2.74. The summed E-state index contributed by atoms with van der Waals surface area (Å²) in [6, 6.07) is -0.467. The summed E-state index contributed by atoms with van der Waals surface area (Å²) in [6.07, 6.45) is 1.02. The molecule has 0 saturated heterocycles. The minimum Gasteiger partial charge on any atom is -0.480 e. The average molecular weight is 283 g/mol. The van der Waals surface area contributed by atoms with Crippen LogP contribution >= 0.6 is 0 Å². The molecule has 1 heterocycles. The fourth-order valence-corrected chi connectivity index (χ4v) is 1.80. The highest BCUT2D eigenvalue weighted by atomic mass is 16.4. The number of carboxylic acids is 1. The van der Waals surface area contributed by atoms with E-state index in [1.165, 1.54) is 11.8 Å². The summed E-state index contributed by atoms with van der Waals surface area (Å²) in [5.74, 6) is 0.0951. The molecule has 0 aliphatic carbocycles. The Morgan fingerprint density at radius 1 is 1.50 bits per heavy atom. The van der Waals surface area contributed by atoms with Crippen LogP contribution in [0.5, 0.6) is 0 Å². The van der Waals surface area contributed by atoms with Crippen LogP contribution in [0.3, 0.4) is 0 Å². The Balaban J connectivity index is 2.66. The summed E-state index contributed by atoms with van der Waals surface area (Å²) in [7, 11) is 1.56. The highest BCUT2D eigenvalue weighted by Gasteiger charge is 2.34. The van der Waals surface area contributed by atoms with Crippen molar-refractivity contribution in [3.8, 4) is 0 Å². The van der Waals surface area contributed by atoms with Gasteiger partial charge in [0.1, 0.15) is 11.4 Å². The van der Waals surface area contributed by atoms with Crippen LogP contribution < -0.4 is 5.32 Å². The first-order valence-electron chi connectivity index (χ1n) is 6.43. The first kappa shape index (κ1) is 15.9. The Kier molecular flexibility index (Phi) is 5.06. The van der Waals surface area contributed by atoms with Crippen LogP contribution in [0.25, 0.3) is 0 Å². The Hall–Kier alpha value is -2.12. The predicted molar refractivity (Wildman–Crippen MR) is 72.1 cm³/mol. The number of hydrogen-bond donors (Lipinski definition) is 3. The van der Waals surface area contributed by atoms with Gasteiger partial charge in [0.15, 0.2) is 5.82 Å². The topological polar surface area (TPSA) is 111 Å². The number of carbonyl (C=O) groups is 2. The van der Waals surface area contributed by atoms with Crippen molar-refractivity contribution < 1.29 is 14.7 Å². The van der Waals surface area contributed by atoms with Crippen molar-refractivity contribution in [2.45, 2.75) is 45.7 Å². The summed E-state index contributed by atoms with van der Waals surface area (Å²) >= 11 is 0. The number of hydrogen-bond acceptors (Lipinski definition) is 4. The number of amides is 2. The van der Waals surface area contributed by atoms with E-state index in [1.54, 1.807) is 14.0 Å². The van der Waals surface area contributed by atoms with Crippen molar-refractivity contribution >= 4 is 12.0 Å². The lowest BCUT2D eigenvalue weighted by Crippen LogP contribution is -2.55. The van der Waals surface area contributed by atoms with Gasteiger partial charge >= 0.3 is 12.0 Å². The monoisotopic (exact) mass is 283 g/mol. The maximum atomic E-state index is 12.0. The quantitative estimate of drug-likeness (QED) is 0.718. The smallest absolute Gasteiger partial charge is 0.329 e. The first-order chi connectivity index (χ1) is 9.28. The first-order valence-corrected chi connectivity index (χ1v) is 6.43. The van der Waals surface area contributed by atoms with Gasteiger partial charge in [0.25, 0.3) is 0 Å². The second-order valence-corrected chi connectivity index (χ2v) is 5.01. The molecule has 0 spiro atoms. The number of urea groups is 1. The standard InChI is InChI=1S/C12H21N5O3/c1-5-6-12(3,10(18)19)14-11(20)17(4)7-9-13-8(2)15-16-9/h5-7H2,1-4H3,(H,14,20)(H,18,19)(H,13,15,16). The fraction of sp³-hybridized carbons (Fsp3) is 0.667. The molecule has 0 fully saturated rings. The van der Waals surface area contributed by atoms with E-state index in [9.17, 15) is 14.7 Å². The largest absolute Gasteiger partial charge is 0.480 e. The van der Waals surface area contributed by atoms with E-state index >= 15 is 0 Å². The molecule has 2 amide bonds. The van der Waals surface area contributed by atoms with E-state index < -0.39 is 17.5 Å². The van der Waals surface area contributed by atoms with E-state index in [0.29, 0.717) is 24.5 Å². The third-order valence-electron chi connectivity index (χ3n) is 2.97. The molecule has 8 nitrogen and oxygen atoms in total. The maximum absolute atomic E-state index is 12.0. The summed E-state index contributed by atoms with van der Waals surface area (Å²) in [6.45, 7) is 5.34. The molecule has 1 rings (SSSR count). The van der Waals surface area contributed by atoms with Crippen molar-refractivity contribution in [1.82, 2.24) is 25.4 Å². The molecule has 20 heavy (non-hydrogen) atoms. The SMILES string of the molecule is CCCC(C)(NC(=O)N(C)Cc1n[nH]c(C)n1)C(=O)O. The number of nitrogens with zero attached hydrogens (tertiary/aromatic N) is 3. The second kappa shape index (κ2) is 6.36. The normalized spacial score (nSPS) is 13.6. The van der Waals surface area contributed by atoms with Crippen molar-refractivity contribution in [3.63, 3.8) is 0 Å². The zero-order chi connectivity index (χ0) is 15.3. The molecule has 112 valence electrons.